The fraction of sp³-hybridized carbons (Fsp3) is 0.263. The van der Waals surface area contributed by atoms with Gasteiger partial charge in [-0.3, -0.25) is 4.79 Å². The van der Waals surface area contributed by atoms with Crippen LogP contribution in [-0.2, 0) is 11.3 Å². The molecule has 1 amide bonds. The number of rotatable bonds is 8. The Morgan fingerprint density at radius 1 is 1.16 bits per heavy atom. The highest BCUT2D eigenvalue weighted by Crippen LogP contribution is 2.25. The Bertz CT molecular complexity index is 845. The van der Waals surface area contributed by atoms with Crippen molar-refractivity contribution in [1.29, 1.82) is 0 Å². The van der Waals surface area contributed by atoms with Gasteiger partial charge in [-0.15, -0.1) is 0 Å². The van der Waals surface area contributed by atoms with Gasteiger partial charge in [-0.1, -0.05) is 12.1 Å². The molecule has 130 valence electrons. The van der Waals surface area contributed by atoms with E-state index in [4.69, 9.17) is 9.47 Å². The van der Waals surface area contributed by atoms with Gasteiger partial charge in [0.25, 0.3) is 5.91 Å². The van der Waals surface area contributed by atoms with E-state index < -0.39 is 0 Å². The summed E-state index contributed by atoms with van der Waals surface area (Å²) in [7, 11) is 1.57. The molecule has 0 saturated carbocycles. The maximum atomic E-state index is 11.9. The quantitative estimate of drug-likeness (QED) is 0.641. The van der Waals surface area contributed by atoms with Crippen molar-refractivity contribution in [1.82, 2.24) is 14.9 Å². The van der Waals surface area contributed by atoms with Crippen LogP contribution in [0, 0.1) is 0 Å². The maximum absolute atomic E-state index is 11.9. The summed E-state index contributed by atoms with van der Waals surface area (Å²) in [4.78, 5) is 16.3. The number of ether oxygens (including phenoxy) is 2. The number of benzene rings is 1. The van der Waals surface area contributed by atoms with E-state index in [9.17, 15) is 4.79 Å². The van der Waals surface area contributed by atoms with Crippen molar-refractivity contribution in [2.45, 2.75) is 13.0 Å². The van der Waals surface area contributed by atoms with Gasteiger partial charge < -0.3 is 19.4 Å². The van der Waals surface area contributed by atoms with Crippen LogP contribution in [0.1, 0.15) is 6.42 Å². The maximum Gasteiger partial charge on any atom is 0.257 e. The first-order chi connectivity index (χ1) is 12.3. The summed E-state index contributed by atoms with van der Waals surface area (Å²) in [5.41, 5.74) is 0.966. The van der Waals surface area contributed by atoms with Crippen LogP contribution in [0.5, 0.6) is 11.5 Å². The van der Waals surface area contributed by atoms with Crippen molar-refractivity contribution < 1.29 is 14.3 Å². The summed E-state index contributed by atoms with van der Waals surface area (Å²) < 4.78 is 12.8. The van der Waals surface area contributed by atoms with E-state index in [2.05, 4.69) is 14.9 Å². The van der Waals surface area contributed by atoms with Gasteiger partial charge in [0.2, 0.25) is 0 Å². The molecule has 6 heteroatoms. The summed E-state index contributed by atoms with van der Waals surface area (Å²) >= 11 is 0. The molecule has 0 unspecified atom stereocenters. The SMILES string of the molecule is COc1ccccc1OCC(=O)NCCCn1ccc2cccnc21. The molecule has 0 saturated heterocycles. The molecule has 6 nitrogen and oxygen atoms in total. The molecule has 0 aliphatic rings. The molecule has 2 aromatic heterocycles. The normalized spacial score (nSPS) is 10.6. The lowest BCUT2D eigenvalue weighted by atomic mass is 10.3. The summed E-state index contributed by atoms with van der Waals surface area (Å²) in [5.74, 6) is 1.02. The summed E-state index contributed by atoms with van der Waals surface area (Å²) in [6.07, 6.45) is 4.63. The highest BCUT2D eigenvalue weighted by Gasteiger charge is 2.06. The van der Waals surface area contributed by atoms with Crippen molar-refractivity contribution in [3.63, 3.8) is 0 Å². The van der Waals surface area contributed by atoms with E-state index in [1.165, 1.54) is 0 Å². The number of carbonyl (C=O) groups is 1. The average molecular weight is 339 g/mol. The van der Waals surface area contributed by atoms with Gasteiger partial charge in [-0.05, 0) is 36.8 Å². The summed E-state index contributed by atoms with van der Waals surface area (Å²) in [6, 6.07) is 13.3. The molecule has 0 bridgehead atoms. The molecule has 0 aliphatic heterocycles. The number of amides is 1. The lowest BCUT2D eigenvalue weighted by Gasteiger charge is -2.10. The number of pyridine rings is 1. The summed E-state index contributed by atoms with van der Waals surface area (Å²) in [5, 5.41) is 3.98. The van der Waals surface area contributed by atoms with Gasteiger partial charge in [-0.2, -0.15) is 0 Å². The summed E-state index contributed by atoms with van der Waals surface area (Å²) in [6.45, 7) is 1.35. The highest BCUT2D eigenvalue weighted by molar-refractivity contribution is 5.77. The standard InChI is InChI=1S/C19H21N3O3/c1-24-16-7-2-3-8-17(16)25-14-18(23)20-11-5-12-22-13-9-15-6-4-10-21-19(15)22/h2-4,6-10,13H,5,11-12,14H2,1H3,(H,20,23). The van der Waals surface area contributed by atoms with E-state index in [-0.39, 0.29) is 12.5 Å². The number of methoxy groups -OCH3 is 1. The smallest absolute Gasteiger partial charge is 0.257 e. The second-order valence-corrected chi connectivity index (χ2v) is 5.57. The molecule has 1 aromatic carbocycles. The molecule has 2 heterocycles. The minimum atomic E-state index is -0.151. The first-order valence-corrected chi connectivity index (χ1v) is 8.20. The third-order valence-corrected chi connectivity index (χ3v) is 3.85. The first kappa shape index (κ1) is 16.8. The minimum Gasteiger partial charge on any atom is -0.493 e. The van der Waals surface area contributed by atoms with E-state index in [1.807, 2.05) is 36.5 Å². The molecule has 1 N–H and O–H groups in total. The van der Waals surface area contributed by atoms with Crippen molar-refractivity contribution in [2.24, 2.45) is 0 Å². The van der Waals surface area contributed by atoms with Crippen LogP contribution in [0.2, 0.25) is 0 Å². The predicted octanol–water partition coefficient (Wildman–Crippen LogP) is 2.63. The first-order valence-electron chi connectivity index (χ1n) is 8.20. The fourth-order valence-electron chi connectivity index (χ4n) is 2.61. The highest BCUT2D eigenvalue weighted by atomic mass is 16.5. The topological polar surface area (TPSA) is 65.4 Å². The minimum absolute atomic E-state index is 0.0334. The Hall–Kier alpha value is -3.02. The molecular formula is C19H21N3O3. The van der Waals surface area contributed by atoms with Crippen LogP contribution >= 0.6 is 0 Å². The van der Waals surface area contributed by atoms with Crippen LogP contribution in [0.25, 0.3) is 11.0 Å². The van der Waals surface area contributed by atoms with Gasteiger partial charge >= 0.3 is 0 Å². The lowest BCUT2D eigenvalue weighted by Crippen LogP contribution is -2.30. The molecule has 3 rings (SSSR count). The molecule has 0 fully saturated rings. The predicted molar refractivity (Wildman–Crippen MR) is 95.8 cm³/mol. The Morgan fingerprint density at radius 2 is 2.00 bits per heavy atom. The van der Waals surface area contributed by atoms with E-state index in [0.717, 1.165) is 24.0 Å². The Morgan fingerprint density at radius 3 is 2.84 bits per heavy atom. The van der Waals surface area contributed by atoms with Gasteiger partial charge in [-0.25, -0.2) is 4.98 Å². The number of nitrogens with zero attached hydrogens (tertiary/aromatic N) is 2. The molecule has 0 aliphatic carbocycles. The zero-order valence-electron chi connectivity index (χ0n) is 14.1. The molecule has 0 atom stereocenters. The molecule has 0 radical (unpaired) electrons. The monoisotopic (exact) mass is 339 g/mol. The van der Waals surface area contributed by atoms with E-state index in [1.54, 1.807) is 25.4 Å². The molecule has 25 heavy (non-hydrogen) atoms. The third kappa shape index (κ3) is 4.29. The lowest BCUT2D eigenvalue weighted by molar-refractivity contribution is -0.123. The molecular weight excluding hydrogens is 318 g/mol. The van der Waals surface area contributed by atoms with Gasteiger partial charge in [0.15, 0.2) is 18.1 Å². The molecule has 0 spiro atoms. The fourth-order valence-corrected chi connectivity index (χ4v) is 2.61. The number of para-hydroxylation sites is 2. The van der Waals surface area contributed by atoms with Crippen molar-refractivity contribution in [2.75, 3.05) is 20.3 Å². The number of hydrogen-bond donors (Lipinski definition) is 1. The number of aromatic nitrogens is 2. The second kappa shape index (κ2) is 8.19. The van der Waals surface area contributed by atoms with Crippen LogP contribution in [0.4, 0.5) is 0 Å². The second-order valence-electron chi connectivity index (χ2n) is 5.57. The Kier molecular flexibility index (Phi) is 5.51. The Balaban J connectivity index is 1.41. The number of nitrogens with one attached hydrogen (secondary N) is 1. The van der Waals surface area contributed by atoms with Crippen LogP contribution in [0.15, 0.2) is 54.9 Å². The average Bonchev–Trinajstić information content (AvgIpc) is 3.07. The van der Waals surface area contributed by atoms with Gasteiger partial charge in [0, 0.05) is 30.9 Å². The Labute approximate surface area is 146 Å². The van der Waals surface area contributed by atoms with Crippen molar-refractivity contribution in [3.05, 3.63) is 54.9 Å². The van der Waals surface area contributed by atoms with E-state index >= 15 is 0 Å². The number of carbonyl (C=O) groups excluding carboxylic acids is 1. The third-order valence-electron chi connectivity index (χ3n) is 3.85. The van der Waals surface area contributed by atoms with E-state index in [0.29, 0.717) is 18.0 Å². The largest absolute Gasteiger partial charge is 0.493 e. The zero-order chi connectivity index (χ0) is 17.5. The van der Waals surface area contributed by atoms with Crippen LogP contribution in [-0.4, -0.2) is 35.7 Å². The van der Waals surface area contributed by atoms with Crippen molar-refractivity contribution >= 4 is 16.9 Å². The number of fused-ring (bicyclic) bond motifs is 1. The molecule has 3 aromatic rings. The van der Waals surface area contributed by atoms with Gasteiger partial charge in [0.1, 0.15) is 5.65 Å². The number of aryl methyl sites for hydroxylation is 1. The zero-order valence-corrected chi connectivity index (χ0v) is 14.1. The van der Waals surface area contributed by atoms with Crippen LogP contribution < -0.4 is 14.8 Å². The van der Waals surface area contributed by atoms with Gasteiger partial charge in [0.05, 0.1) is 7.11 Å². The number of hydrogen-bond acceptors (Lipinski definition) is 4. The van der Waals surface area contributed by atoms with Crippen molar-refractivity contribution in [3.8, 4) is 11.5 Å². The van der Waals surface area contributed by atoms with Crippen LogP contribution in [0.3, 0.4) is 0 Å².